The molecule has 1 atom stereocenters. The maximum atomic E-state index is 5.77. The normalized spacial score (nSPS) is 13.1. The van der Waals surface area contributed by atoms with E-state index < -0.39 is 0 Å². The Morgan fingerprint density at radius 1 is 1.27 bits per heavy atom. The lowest BCUT2D eigenvalue weighted by atomic mass is 10.1. The zero-order chi connectivity index (χ0) is 8.43. The summed E-state index contributed by atoms with van der Waals surface area (Å²) in [5.74, 6) is 0. The fourth-order valence-electron chi connectivity index (χ4n) is 0.796. The first kappa shape index (κ1) is 8.85. The fraction of sp³-hybridized carbons (Fsp3) is 0.250. The number of benzene rings is 1. The molecular formula is C8H9Cl2N. The predicted molar refractivity (Wildman–Crippen MR) is 49.1 cm³/mol. The summed E-state index contributed by atoms with van der Waals surface area (Å²) in [6, 6.07) is 5.42. The van der Waals surface area contributed by atoms with Gasteiger partial charge >= 0.3 is 0 Å². The van der Waals surface area contributed by atoms with Crippen molar-refractivity contribution >= 4 is 23.2 Å². The van der Waals surface area contributed by atoms with Gasteiger partial charge in [-0.2, -0.15) is 0 Å². The van der Waals surface area contributed by atoms with E-state index in [9.17, 15) is 0 Å². The minimum atomic E-state index is 0.00441. The molecule has 1 nitrogen and oxygen atoms in total. The third-order valence-electron chi connectivity index (χ3n) is 1.47. The van der Waals surface area contributed by atoms with E-state index in [-0.39, 0.29) is 6.04 Å². The fourth-order valence-corrected chi connectivity index (χ4v) is 1.10. The molecular weight excluding hydrogens is 181 g/mol. The molecule has 1 aromatic rings. The van der Waals surface area contributed by atoms with Gasteiger partial charge in [0, 0.05) is 6.04 Å². The van der Waals surface area contributed by atoms with Gasteiger partial charge in [0.15, 0.2) is 0 Å². The Balaban J connectivity index is 3.05. The molecule has 1 aromatic carbocycles. The van der Waals surface area contributed by atoms with Crippen LogP contribution >= 0.6 is 23.2 Å². The van der Waals surface area contributed by atoms with Crippen LogP contribution in [0.2, 0.25) is 10.0 Å². The maximum absolute atomic E-state index is 5.77. The van der Waals surface area contributed by atoms with Crippen LogP contribution in [0.15, 0.2) is 18.2 Å². The highest BCUT2D eigenvalue weighted by Gasteiger charge is 2.01. The first-order valence-electron chi connectivity index (χ1n) is 3.32. The minimum absolute atomic E-state index is 0.00441. The van der Waals surface area contributed by atoms with Gasteiger partial charge in [-0.25, -0.2) is 0 Å². The van der Waals surface area contributed by atoms with Crippen LogP contribution in [-0.4, -0.2) is 0 Å². The molecule has 0 aliphatic heterocycles. The molecule has 0 aliphatic carbocycles. The van der Waals surface area contributed by atoms with Crippen LogP contribution < -0.4 is 5.73 Å². The van der Waals surface area contributed by atoms with Crippen molar-refractivity contribution in [2.45, 2.75) is 13.0 Å². The average Bonchev–Trinajstić information content (AvgIpc) is 1.94. The number of rotatable bonds is 1. The summed E-state index contributed by atoms with van der Waals surface area (Å²) in [7, 11) is 0. The molecule has 0 saturated carbocycles. The van der Waals surface area contributed by atoms with E-state index in [1.807, 2.05) is 13.0 Å². The Bertz CT molecular complexity index is 258. The molecule has 3 heteroatoms. The van der Waals surface area contributed by atoms with Crippen molar-refractivity contribution in [1.82, 2.24) is 0 Å². The Morgan fingerprint density at radius 2 is 1.91 bits per heavy atom. The summed E-state index contributed by atoms with van der Waals surface area (Å²) in [6.07, 6.45) is 0. The monoisotopic (exact) mass is 189 g/mol. The molecule has 11 heavy (non-hydrogen) atoms. The molecule has 0 spiro atoms. The van der Waals surface area contributed by atoms with E-state index in [0.717, 1.165) is 5.56 Å². The number of hydrogen-bond acceptors (Lipinski definition) is 1. The lowest BCUT2D eigenvalue weighted by molar-refractivity contribution is 0.818. The second-order valence-electron chi connectivity index (χ2n) is 2.46. The summed E-state index contributed by atoms with van der Waals surface area (Å²) in [5, 5.41) is 1.12. The molecule has 60 valence electrons. The Labute approximate surface area is 76.1 Å². The Morgan fingerprint density at radius 3 is 2.36 bits per heavy atom. The molecule has 0 unspecified atom stereocenters. The molecule has 0 amide bonds. The standard InChI is InChI=1S/C8H9Cl2N/c1-5(11)6-2-3-7(9)8(10)4-6/h2-5H,11H2,1H3/t5-/m0/s1. The van der Waals surface area contributed by atoms with Crippen molar-refractivity contribution in [3.63, 3.8) is 0 Å². The van der Waals surface area contributed by atoms with Gasteiger partial charge in [-0.05, 0) is 24.6 Å². The molecule has 0 bridgehead atoms. The summed E-state index contributed by atoms with van der Waals surface area (Å²) in [5.41, 5.74) is 6.63. The molecule has 0 fully saturated rings. The van der Waals surface area contributed by atoms with E-state index in [1.165, 1.54) is 0 Å². The Hall–Kier alpha value is -0.240. The van der Waals surface area contributed by atoms with Crippen LogP contribution in [0.4, 0.5) is 0 Å². The van der Waals surface area contributed by atoms with Crippen molar-refractivity contribution in [3.05, 3.63) is 33.8 Å². The third kappa shape index (κ3) is 2.09. The summed E-state index contributed by atoms with van der Waals surface area (Å²) >= 11 is 11.5. The van der Waals surface area contributed by atoms with Crippen LogP contribution in [0.3, 0.4) is 0 Å². The molecule has 2 N–H and O–H groups in total. The lowest BCUT2D eigenvalue weighted by Crippen LogP contribution is -2.04. The Kier molecular flexibility index (Phi) is 2.77. The van der Waals surface area contributed by atoms with Gasteiger partial charge in [0.1, 0.15) is 0 Å². The first-order chi connectivity index (χ1) is 5.11. The van der Waals surface area contributed by atoms with Crippen LogP contribution in [0, 0.1) is 0 Å². The highest BCUT2D eigenvalue weighted by atomic mass is 35.5. The molecule has 1 rings (SSSR count). The third-order valence-corrected chi connectivity index (χ3v) is 2.21. The lowest BCUT2D eigenvalue weighted by Gasteiger charge is -2.05. The smallest absolute Gasteiger partial charge is 0.0595 e. The molecule has 0 saturated heterocycles. The van der Waals surface area contributed by atoms with Crippen molar-refractivity contribution < 1.29 is 0 Å². The molecule has 0 radical (unpaired) electrons. The predicted octanol–water partition coefficient (Wildman–Crippen LogP) is 3.01. The molecule has 0 heterocycles. The topological polar surface area (TPSA) is 26.0 Å². The van der Waals surface area contributed by atoms with Gasteiger partial charge in [0.2, 0.25) is 0 Å². The number of halogens is 2. The van der Waals surface area contributed by atoms with Crippen molar-refractivity contribution in [3.8, 4) is 0 Å². The van der Waals surface area contributed by atoms with Crippen LogP contribution in [-0.2, 0) is 0 Å². The average molecular weight is 190 g/mol. The summed E-state index contributed by atoms with van der Waals surface area (Å²) < 4.78 is 0. The van der Waals surface area contributed by atoms with Crippen molar-refractivity contribution in [1.29, 1.82) is 0 Å². The first-order valence-corrected chi connectivity index (χ1v) is 4.07. The summed E-state index contributed by atoms with van der Waals surface area (Å²) in [4.78, 5) is 0. The zero-order valence-corrected chi connectivity index (χ0v) is 7.65. The SMILES string of the molecule is C[C@H](N)c1ccc(Cl)c(Cl)c1. The van der Waals surface area contributed by atoms with Gasteiger partial charge < -0.3 is 5.73 Å². The van der Waals surface area contributed by atoms with Crippen molar-refractivity contribution in [2.75, 3.05) is 0 Å². The van der Waals surface area contributed by atoms with E-state index >= 15 is 0 Å². The van der Waals surface area contributed by atoms with Gasteiger partial charge in [0.05, 0.1) is 10.0 Å². The maximum Gasteiger partial charge on any atom is 0.0595 e. The van der Waals surface area contributed by atoms with Crippen LogP contribution in [0.1, 0.15) is 18.5 Å². The summed E-state index contributed by atoms with van der Waals surface area (Å²) in [6.45, 7) is 1.90. The number of nitrogens with two attached hydrogens (primary N) is 1. The van der Waals surface area contributed by atoms with E-state index in [2.05, 4.69) is 0 Å². The molecule has 0 aliphatic rings. The van der Waals surface area contributed by atoms with Gasteiger partial charge in [-0.1, -0.05) is 29.3 Å². The van der Waals surface area contributed by atoms with E-state index in [4.69, 9.17) is 28.9 Å². The van der Waals surface area contributed by atoms with E-state index in [1.54, 1.807) is 12.1 Å². The second-order valence-corrected chi connectivity index (χ2v) is 3.28. The van der Waals surface area contributed by atoms with Crippen molar-refractivity contribution in [2.24, 2.45) is 5.73 Å². The zero-order valence-electron chi connectivity index (χ0n) is 6.14. The van der Waals surface area contributed by atoms with Crippen LogP contribution in [0.5, 0.6) is 0 Å². The number of hydrogen-bond donors (Lipinski definition) is 1. The quantitative estimate of drug-likeness (QED) is 0.723. The van der Waals surface area contributed by atoms with E-state index in [0.29, 0.717) is 10.0 Å². The minimum Gasteiger partial charge on any atom is -0.324 e. The second kappa shape index (κ2) is 3.44. The van der Waals surface area contributed by atoms with Gasteiger partial charge in [-0.3, -0.25) is 0 Å². The highest BCUT2D eigenvalue weighted by Crippen LogP contribution is 2.24. The van der Waals surface area contributed by atoms with Gasteiger partial charge in [0.25, 0.3) is 0 Å². The van der Waals surface area contributed by atoms with Crippen LogP contribution in [0.25, 0.3) is 0 Å². The van der Waals surface area contributed by atoms with Gasteiger partial charge in [-0.15, -0.1) is 0 Å². The largest absolute Gasteiger partial charge is 0.324 e. The molecule has 0 aromatic heterocycles. The highest BCUT2D eigenvalue weighted by molar-refractivity contribution is 6.42.